The van der Waals surface area contributed by atoms with Crippen molar-refractivity contribution in [2.24, 2.45) is 0 Å². The quantitative estimate of drug-likeness (QED) is 0.909. The van der Waals surface area contributed by atoms with Crippen molar-refractivity contribution >= 4 is 40.8 Å². The lowest BCUT2D eigenvalue weighted by molar-refractivity contribution is 0.0651. The van der Waals surface area contributed by atoms with E-state index in [1.54, 1.807) is 18.2 Å². The molecule has 98 valence electrons. The lowest BCUT2D eigenvalue weighted by atomic mass is 10.3. The molecule has 0 saturated heterocycles. The van der Waals surface area contributed by atoms with Crippen molar-refractivity contribution in [2.75, 3.05) is 5.32 Å². The smallest absolute Gasteiger partial charge is 0.374 e. The average molecular weight is 301 g/mol. The number of halogens is 2. The first-order valence-corrected chi connectivity index (χ1v) is 5.70. The second-order valence-electron chi connectivity index (χ2n) is 3.44. The highest BCUT2D eigenvalue weighted by Crippen LogP contribution is 2.29. The van der Waals surface area contributed by atoms with Gasteiger partial charge in [0.15, 0.2) is 5.69 Å². The number of anilines is 1. The Bertz CT molecular complexity index is 654. The van der Waals surface area contributed by atoms with Gasteiger partial charge in [-0.2, -0.15) is 0 Å². The van der Waals surface area contributed by atoms with Crippen LogP contribution in [0.4, 0.5) is 5.69 Å². The van der Waals surface area contributed by atoms with E-state index >= 15 is 0 Å². The molecule has 0 aliphatic carbocycles. The molecule has 1 amide bonds. The van der Waals surface area contributed by atoms with Crippen LogP contribution in [0.5, 0.6) is 0 Å². The van der Waals surface area contributed by atoms with E-state index in [0.717, 1.165) is 6.07 Å². The highest BCUT2D eigenvalue weighted by Gasteiger charge is 2.17. The molecule has 2 aromatic rings. The van der Waals surface area contributed by atoms with E-state index in [9.17, 15) is 9.59 Å². The molecule has 2 N–H and O–H groups in total. The molecule has 0 atom stereocenters. The number of benzene rings is 1. The fourth-order valence-corrected chi connectivity index (χ4v) is 1.62. The molecule has 1 aromatic carbocycles. The monoisotopic (exact) mass is 300 g/mol. The number of hydrogen-bond acceptors (Lipinski definition) is 4. The van der Waals surface area contributed by atoms with Gasteiger partial charge in [0.1, 0.15) is 0 Å². The first-order chi connectivity index (χ1) is 8.99. The van der Waals surface area contributed by atoms with Gasteiger partial charge in [-0.1, -0.05) is 34.4 Å². The first kappa shape index (κ1) is 13.4. The normalized spacial score (nSPS) is 10.2. The molecule has 8 heteroatoms. The Morgan fingerprint density at radius 3 is 2.68 bits per heavy atom. The van der Waals surface area contributed by atoms with E-state index < -0.39 is 17.6 Å². The van der Waals surface area contributed by atoms with Crippen LogP contribution >= 0.6 is 23.2 Å². The number of carbonyl (C=O) groups is 2. The van der Waals surface area contributed by atoms with Crippen LogP contribution in [0.2, 0.25) is 10.0 Å². The first-order valence-electron chi connectivity index (χ1n) is 4.94. The number of nitrogens with zero attached hydrogens (tertiary/aromatic N) is 1. The summed E-state index contributed by atoms with van der Waals surface area (Å²) in [6.07, 6.45) is 0. The van der Waals surface area contributed by atoms with E-state index in [1.807, 2.05) is 0 Å². The summed E-state index contributed by atoms with van der Waals surface area (Å²) in [4.78, 5) is 22.4. The summed E-state index contributed by atoms with van der Waals surface area (Å²) < 4.78 is 4.47. The SMILES string of the molecule is O=C(Nc1cccc(Cl)c1Cl)c1cc(C(=O)O)on1. The lowest BCUT2D eigenvalue weighted by Crippen LogP contribution is -2.12. The van der Waals surface area contributed by atoms with Crippen molar-refractivity contribution in [1.29, 1.82) is 0 Å². The molecule has 1 aromatic heterocycles. The lowest BCUT2D eigenvalue weighted by Gasteiger charge is -2.05. The maximum absolute atomic E-state index is 11.8. The Labute approximate surface area is 116 Å². The molecule has 0 unspecified atom stereocenters. The standard InChI is InChI=1S/C11H6Cl2N2O4/c12-5-2-1-3-6(9(5)13)14-10(16)7-4-8(11(17)18)19-15-7/h1-4H,(H,14,16)(H,17,18). The van der Waals surface area contributed by atoms with Crippen molar-refractivity contribution in [3.63, 3.8) is 0 Å². The van der Waals surface area contributed by atoms with Crippen molar-refractivity contribution in [3.8, 4) is 0 Å². The Hall–Kier alpha value is -2.05. The zero-order valence-corrected chi connectivity index (χ0v) is 10.7. The van der Waals surface area contributed by atoms with Crippen LogP contribution in [0.25, 0.3) is 0 Å². The molecular formula is C11H6Cl2N2O4. The second-order valence-corrected chi connectivity index (χ2v) is 4.22. The summed E-state index contributed by atoms with van der Waals surface area (Å²) in [6, 6.07) is 5.73. The highest BCUT2D eigenvalue weighted by atomic mass is 35.5. The number of carboxylic acids is 1. The summed E-state index contributed by atoms with van der Waals surface area (Å²) >= 11 is 11.7. The van der Waals surface area contributed by atoms with Gasteiger partial charge in [-0.05, 0) is 12.1 Å². The third-order valence-electron chi connectivity index (χ3n) is 2.15. The number of amides is 1. The van der Waals surface area contributed by atoms with Gasteiger partial charge in [0, 0.05) is 6.07 Å². The molecule has 0 spiro atoms. The fourth-order valence-electron chi connectivity index (χ4n) is 1.27. The zero-order chi connectivity index (χ0) is 14.0. The summed E-state index contributed by atoms with van der Waals surface area (Å²) in [5.74, 6) is -2.39. The number of carboxylic acid groups (broad SMARTS) is 1. The van der Waals surface area contributed by atoms with Crippen LogP contribution in [0.15, 0.2) is 28.8 Å². The van der Waals surface area contributed by atoms with Crippen LogP contribution in [-0.2, 0) is 0 Å². The minimum Gasteiger partial charge on any atom is -0.475 e. The van der Waals surface area contributed by atoms with Crippen LogP contribution in [-0.4, -0.2) is 22.1 Å². The maximum atomic E-state index is 11.8. The average Bonchev–Trinajstić information content (AvgIpc) is 2.84. The summed E-state index contributed by atoms with van der Waals surface area (Å²) in [5, 5.41) is 14.9. The van der Waals surface area contributed by atoms with E-state index in [0.29, 0.717) is 5.69 Å². The van der Waals surface area contributed by atoms with Crippen molar-refractivity contribution in [2.45, 2.75) is 0 Å². The fraction of sp³-hybridized carbons (Fsp3) is 0. The van der Waals surface area contributed by atoms with E-state index in [2.05, 4.69) is 15.0 Å². The van der Waals surface area contributed by atoms with Crippen LogP contribution in [0.3, 0.4) is 0 Å². The van der Waals surface area contributed by atoms with Gasteiger partial charge in [0.05, 0.1) is 15.7 Å². The molecule has 2 rings (SSSR count). The molecule has 0 aliphatic heterocycles. The Kier molecular flexibility index (Phi) is 3.73. The van der Waals surface area contributed by atoms with Gasteiger partial charge in [-0.15, -0.1) is 0 Å². The highest BCUT2D eigenvalue weighted by molar-refractivity contribution is 6.44. The molecule has 0 radical (unpaired) electrons. The van der Waals surface area contributed by atoms with Gasteiger partial charge in [-0.3, -0.25) is 4.79 Å². The van der Waals surface area contributed by atoms with Gasteiger partial charge < -0.3 is 14.9 Å². The Morgan fingerprint density at radius 1 is 1.32 bits per heavy atom. The molecule has 19 heavy (non-hydrogen) atoms. The zero-order valence-electron chi connectivity index (χ0n) is 9.18. The van der Waals surface area contributed by atoms with Crippen molar-refractivity contribution in [1.82, 2.24) is 5.16 Å². The molecule has 0 bridgehead atoms. The second kappa shape index (κ2) is 5.29. The predicted molar refractivity (Wildman–Crippen MR) is 67.9 cm³/mol. The maximum Gasteiger partial charge on any atom is 0.374 e. The number of hydrogen-bond donors (Lipinski definition) is 2. The number of rotatable bonds is 3. The molecule has 0 aliphatic rings. The number of aromatic carboxylic acids is 1. The predicted octanol–water partition coefficient (Wildman–Crippen LogP) is 2.93. The topological polar surface area (TPSA) is 92.4 Å². The van der Waals surface area contributed by atoms with Crippen LogP contribution in [0.1, 0.15) is 21.0 Å². The molecule has 6 nitrogen and oxygen atoms in total. The molecule has 0 saturated carbocycles. The molecule has 1 heterocycles. The summed E-state index contributed by atoms with van der Waals surface area (Å²) in [5.41, 5.74) is 0.118. The van der Waals surface area contributed by atoms with E-state index in [4.69, 9.17) is 28.3 Å². The third-order valence-corrected chi connectivity index (χ3v) is 2.97. The Balaban J connectivity index is 2.21. The van der Waals surface area contributed by atoms with Gasteiger partial charge in [0.2, 0.25) is 5.76 Å². The third kappa shape index (κ3) is 2.86. The van der Waals surface area contributed by atoms with Gasteiger partial charge in [0.25, 0.3) is 5.91 Å². The minimum atomic E-state index is -1.31. The van der Waals surface area contributed by atoms with E-state index in [1.165, 1.54) is 0 Å². The van der Waals surface area contributed by atoms with Crippen LogP contribution in [0, 0.1) is 0 Å². The molecular weight excluding hydrogens is 295 g/mol. The number of carbonyl (C=O) groups excluding carboxylic acids is 1. The van der Waals surface area contributed by atoms with Gasteiger partial charge in [-0.25, -0.2) is 4.79 Å². The van der Waals surface area contributed by atoms with Crippen LogP contribution < -0.4 is 5.32 Å². The van der Waals surface area contributed by atoms with Crippen molar-refractivity contribution < 1.29 is 19.2 Å². The summed E-state index contributed by atoms with van der Waals surface area (Å²) in [6.45, 7) is 0. The largest absolute Gasteiger partial charge is 0.475 e. The Morgan fingerprint density at radius 2 is 2.05 bits per heavy atom. The summed E-state index contributed by atoms with van der Waals surface area (Å²) in [7, 11) is 0. The molecule has 0 fully saturated rings. The van der Waals surface area contributed by atoms with Crippen molar-refractivity contribution in [3.05, 3.63) is 45.8 Å². The minimum absolute atomic E-state index is 0.173. The van der Waals surface area contributed by atoms with Gasteiger partial charge >= 0.3 is 5.97 Å². The number of nitrogens with one attached hydrogen (secondary N) is 1. The van der Waals surface area contributed by atoms with E-state index in [-0.39, 0.29) is 15.7 Å². The number of aromatic nitrogens is 1.